The van der Waals surface area contributed by atoms with Crippen molar-refractivity contribution in [1.82, 2.24) is 5.32 Å². The number of esters is 1. The third-order valence-corrected chi connectivity index (χ3v) is 7.32. The molecule has 1 amide bonds. The molecule has 0 saturated heterocycles. The molecule has 1 atom stereocenters. The predicted molar refractivity (Wildman–Crippen MR) is 178 cm³/mol. The number of rotatable bonds is 16. The van der Waals surface area contributed by atoms with E-state index in [1.807, 2.05) is 66.7 Å². The summed E-state index contributed by atoms with van der Waals surface area (Å²) in [6, 6.07) is 31.2. The van der Waals surface area contributed by atoms with E-state index in [1.165, 1.54) is 18.2 Å². The molecule has 45 heavy (non-hydrogen) atoms. The number of ketones is 1. The summed E-state index contributed by atoms with van der Waals surface area (Å²) in [5.74, 6) is 0.165. The average molecular weight is 605 g/mol. The summed E-state index contributed by atoms with van der Waals surface area (Å²) in [5, 5.41) is 6.17. The van der Waals surface area contributed by atoms with Crippen molar-refractivity contribution in [3.8, 4) is 5.75 Å². The van der Waals surface area contributed by atoms with Crippen LogP contribution in [0.25, 0.3) is 6.08 Å². The molecule has 4 aromatic carbocycles. The number of aryl methyl sites for hydroxylation is 1. The number of allylic oxidation sites excluding steroid dienone is 1. The zero-order chi connectivity index (χ0) is 31.9. The third-order valence-electron chi connectivity index (χ3n) is 7.32. The molecular formula is C38H40N2O5. The number of carbonyl (C=O) groups excluding carboxylic acids is 3. The van der Waals surface area contributed by atoms with Gasteiger partial charge in [0.2, 0.25) is 5.91 Å². The van der Waals surface area contributed by atoms with Crippen LogP contribution >= 0.6 is 0 Å². The maximum Gasteiger partial charge on any atom is 0.328 e. The molecule has 7 nitrogen and oxygen atoms in total. The number of ether oxygens (including phenoxy) is 2. The van der Waals surface area contributed by atoms with Gasteiger partial charge in [-0.05, 0) is 60.7 Å². The average Bonchev–Trinajstić information content (AvgIpc) is 3.07. The predicted octanol–water partition coefficient (Wildman–Crippen LogP) is 6.80. The minimum atomic E-state index is -0.701. The van der Waals surface area contributed by atoms with Gasteiger partial charge in [-0.15, -0.1) is 0 Å². The number of carbonyl (C=O) groups is 3. The molecule has 0 spiro atoms. The first-order chi connectivity index (χ1) is 21.9. The van der Waals surface area contributed by atoms with Crippen molar-refractivity contribution in [2.24, 2.45) is 0 Å². The summed E-state index contributed by atoms with van der Waals surface area (Å²) in [4.78, 5) is 38.0. The van der Waals surface area contributed by atoms with Crippen molar-refractivity contribution in [3.05, 3.63) is 137 Å². The second-order valence-electron chi connectivity index (χ2n) is 10.7. The number of methoxy groups -OCH3 is 1. The zero-order valence-electron chi connectivity index (χ0n) is 25.8. The fourth-order valence-corrected chi connectivity index (χ4v) is 4.81. The van der Waals surface area contributed by atoms with E-state index in [-0.39, 0.29) is 11.7 Å². The van der Waals surface area contributed by atoms with E-state index >= 15 is 0 Å². The minimum Gasteiger partial charge on any atom is -0.494 e. The first-order valence-electron chi connectivity index (χ1n) is 15.2. The Balaban J connectivity index is 1.22. The lowest BCUT2D eigenvalue weighted by molar-refractivity contribution is -0.141. The van der Waals surface area contributed by atoms with Gasteiger partial charge in [0, 0.05) is 36.2 Å². The van der Waals surface area contributed by atoms with E-state index in [4.69, 9.17) is 9.47 Å². The standard InChI is InChI=1S/C38H40N2O5/c1-28-13-6-7-14-30(28)15-8-11-20-36(41)39-25-12-26-45-32-23-21-29(22-24-32)27-35(38(43)44-2)40-34-19-10-9-18-33(34)37(42)31-16-4-3-5-17-31/h3-10,13-19,21-24,35,40H,11-12,20,25-27H2,1-2H3,(H,39,41)/t35-/m0/s1. The third kappa shape index (κ3) is 10.2. The quantitative estimate of drug-likeness (QED) is 0.0830. The van der Waals surface area contributed by atoms with Crippen molar-refractivity contribution in [2.75, 3.05) is 25.6 Å². The van der Waals surface area contributed by atoms with Gasteiger partial charge >= 0.3 is 5.97 Å². The minimum absolute atomic E-state index is 0.0228. The van der Waals surface area contributed by atoms with Crippen LogP contribution in [0.4, 0.5) is 5.69 Å². The Labute approximate surface area is 265 Å². The number of hydrogen-bond acceptors (Lipinski definition) is 6. The molecule has 0 aromatic heterocycles. The lowest BCUT2D eigenvalue weighted by Gasteiger charge is -2.20. The van der Waals surface area contributed by atoms with Crippen LogP contribution in [0.1, 0.15) is 51.9 Å². The summed E-state index contributed by atoms with van der Waals surface area (Å²) in [6.07, 6.45) is 6.26. The van der Waals surface area contributed by atoms with Gasteiger partial charge in [0.1, 0.15) is 11.8 Å². The zero-order valence-corrected chi connectivity index (χ0v) is 25.8. The molecular weight excluding hydrogens is 564 g/mol. The molecule has 0 aliphatic carbocycles. The monoisotopic (exact) mass is 604 g/mol. The maximum absolute atomic E-state index is 13.2. The van der Waals surface area contributed by atoms with E-state index in [0.717, 1.165) is 5.56 Å². The van der Waals surface area contributed by atoms with Gasteiger partial charge in [-0.2, -0.15) is 0 Å². The summed E-state index contributed by atoms with van der Waals surface area (Å²) >= 11 is 0. The van der Waals surface area contributed by atoms with E-state index in [9.17, 15) is 14.4 Å². The Morgan fingerprint density at radius 2 is 1.56 bits per heavy atom. The highest BCUT2D eigenvalue weighted by molar-refractivity contribution is 6.12. The van der Waals surface area contributed by atoms with Crippen LogP contribution < -0.4 is 15.4 Å². The summed E-state index contributed by atoms with van der Waals surface area (Å²) in [6.45, 7) is 3.08. The summed E-state index contributed by atoms with van der Waals surface area (Å²) in [7, 11) is 1.35. The highest BCUT2D eigenvalue weighted by Crippen LogP contribution is 2.22. The Kier molecular flexibility index (Phi) is 12.5. The van der Waals surface area contributed by atoms with Gasteiger partial charge in [-0.1, -0.05) is 91.0 Å². The van der Waals surface area contributed by atoms with Crippen molar-refractivity contribution < 1.29 is 23.9 Å². The van der Waals surface area contributed by atoms with Crippen molar-refractivity contribution in [2.45, 2.75) is 38.6 Å². The van der Waals surface area contributed by atoms with E-state index in [1.54, 1.807) is 30.3 Å². The van der Waals surface area contributed by atoms with Gasteiger partial charge in [-0.3, -0.25) is 9.59 Å². The number of anilines is 1. The SMILES string of the molecule is COC(=O)[C@H](Cc1ccc(OCCCNC(=O)CCC=Cc2ccccc2C)cc1)Nc1ccccc1C(=O)c1ccccc1. The normalized spacial score (nSPS) is 11.5. The lowest BCUT2D eigenvalue weighted by atomic mass is 10.00. The van der Waals surface area contributed by atoms with Gasteiger partial charge in [0.25, 0.3) is 0 Å². The molecule has 0 fully saturated rings. The summed E-state index contributed by atoms with van der Waals surface area (Å²) in [5.41, 5.74) is 4.90. The van der Waals surface area contributed by atoms with Gasteiger partial charge in [0.15, 0.2) is 5.78 Å². The van der Waals surface area contributed by atoms with Gasteiger partial charge in [0.05, 0.1) is 13.7 Å². The smallest absolute Gasteiger partial charge is 0.328 e. The summed E-state index contributed by atoms with van der Waals surface area (Å²) < 4.78 is 10.9. The molecule has 0 radical (unpaired) electrons. The van der Waals surface area contributed by atoms with Gasteiger partial charge in [-0.25, -0.2) is 4.79 Å². The number of hydrogen-bond donors (Lipinski definition) is 2. The molecule has 2 N–H and O–H groups in total. The molecule has 0 aliphatic heterocycles. The molecule has 0 saturated carbocycles. The molecule has 0 aliphatic rings. The molecule has 0 unspecified atom stereocenters. The fraction of sp³-hybridized carbons (Fsp3) is 0.237. The van der Waals surface area contributed by atoms with E-state index in [2.05, 4.69) is 35.8 Å². The molecule has 0 bridgehead atoms. The molecule has 232 valence electrons. The fourth-order valence-electron chi connectivity index (χ4n) is 4.81. The molecule has 7 heteroatoms. The van der Waals surface area contributed by atoms with Crippen LogP contribution in [0.2, 0.25) is 0 Å². The second kappa shape index (κ2) is 17.2. The number of para-hydroxylation sites is 1. The topological polar surface area (TPSA) is 93.7 Å². The van der Waals surface area contributed by atoms with Crippen molar-refractivity contribution in [3.63, 3.8) is 0 Å². The van der Waals surface area contributed by atoms with E-state index < -0.39 is 12.0 Å². The highest BCUT2D eigenvalue weighted by Gasteiger charge is 2.22. The maximum atomic E-state index is 13.2. The molecule has 4 aromatic rings. The molecule has 0 heterocycles. The van der Waals surface area contributed by atoms with Crippen molar-refractivity contribution in [1.29, 1.82) is 0 Å². The van der Waals surface area contributed by atoms with Crippen LogP contribution in [0.3, 0.4) is 0 Å². The molecule has 4 rings (SSSR count). The number of nitrogens with one attached hydrogen (secondary N) is 2. The first-order valence-corrected chi connectivity index (χ1v) is 15.2. The van der Waals surface area contributed by atoms with Crippen LogP contribution in [-0.4, -0.2) is 44.0 Å². The first kappa shape index (κ1) is 32.7. The Bertz CT molecular complexity index is 1580. The Morgan fingerprint density at radius 3 is 2.31 bits per heavy atom. The van der Waals surface area contributed by atoms with Crippen LogP contribution in [0.15, 0.2) is 109 Å². The Morgan fingerprint density at radius 1 is 0.844 bits per heavy atom. The van der Waals surface area contributed by atoms with Crippen LogP contribution in [0.5, 0.6) is 5.75 Å². The van der Waals surface area contributed by atoms with E-state index in [0.29, 0.717) is 61.4 Å². The lowest BCUT2D eigenvalue weighted by Crippen LogP contribution is -2.33. The van der Waals surface area contributed by atoms with Crippen molar-refractivity contribution >= 4 is 29.4 Å². The second-order valence-corrected chi connectivity index (χ2v) is 10.7. The highest BCUT2D eigenvalue weighted by atomic mass is 16.5. The number of amides is 1. The van der Waals surface area contributed by atoms with Crippen LogP contribution in [0, 0.1) is 6.92 Å². The largest absolute Gasteiger partial charge is 0.494 e. The number of benzene rings is 4. The van der Waals surface area contributed by atoms with Crippen LogP contribution in [-0.2, 0) is 20.7 Å². The van der Waals surface area contributed by atoms with Gasteiger partial charge < -0.3 is 20.1 Å². The Hall–Kier alpha value is -5.17.